The fourth-order valence-corrected chi connectivity index (χ4v) is 7.66. The maximum absolute atomic E-state index is 6.24. The van der Waals surface area contributed by atoms with Crippen molar-refractivity contribution in [2.45, 2.75) is 26.4 Å². The quantitative estimate of drug-likeness (QED) is 0.197. The topological polar surface area (TPSA) is 36.9 Å². The lowest BCUT2D eigenvalue weighted by Crippen LogP contribution is -2.56. The van der Waals surface area contributed by atoms with Gasteiger partial charge in [-0.25, -0.2) is 0 Å². The van der Waals surface area contributed by atoms with Crippen molar-refractivity contribution in [2.24, 2.45) is 0 Å². The fourth-order valence-electron chi connectivity index (χ4n) is 4.46. The Balaban J connectivity index is 0.000000214. The molecule has 0 saturated carbocycles. The smallest absolute Gasteiger partial charge is 0.411 e. The summed E-state index contributed by atoms with van der Waals surface area (Å²) in [6, 6.07) is 41.3. The minimum atomic E-state index is -2.67. The van der Waals surface area contributed by atoms with E-state index in [1.165, 1.54) is 0 Å². The van der Waals surface area contributed by atoms with Crippen molar-refractivity contribution in [3.8, 4) is 0 Å². The highest BCUT2D eigenvalue weighted by Gasteiger charge is 2.42. The van der Waals surface area contributed by atoms with Gasteiger partial charge in [0, 0.05) is 25.0 Å². The molecule has 0 unspecified atom stereocenters. The Bertz CT molecular complexity index is 1030. The standard InChI is InChI=1S/C19H18OSi.C12H20O3Si/c21-20-19(16-10-4-1-5-11-16,17-12-6-2-7-13-17)18-14-8-3-9-15-18;1-4-13-16(14-5-2,15-6-3)12-10-8-7-9-11-12/h1-15H,21H3;7-11H,4-6H2,1-3H3. The number of benzene rings is 4. The zero-order valence-electron chi connectivity index (χ0n) is 22.3. The van der Waals surface area contributed by atoms with Crippen LogP contribution in [0.4, 0.5) is 0 Å². The summed E-state index contributed by atoms with van der Waals surface area (Å²) in [5, 5.41) is 1.03. The highest BCUT2D eigenvalue weighted by atomic mass is 28.4. The molecule has 0 aliphatic carbocycles. The van der Waals surface area contributed by atoms with Crippen molar-refractivity contribution in [2.75, 3.05) is 19.8 Å². The van der Waals surface area contributed by atoms with Gasteiger partial charge in [-0.1, -0.05) is 121 Å². The van der Waals surface area contributed by atoms with Crippen molar-refractivity contribution in [1.82, 2.24) is 0 Å². The van der Waals surface area contributed by atoms with Crippen LogP contribution in [-0.2, 0) is 23.3 Å². The molecule has 0 saturated heterocycles. The molecular weight excluding hydrogens is 493 g/mol. The van der Waals surface area contributed by atoms with Gasteiger partial charge in [0.2, 0.25) is 0 Å². The van der Waals surface area contributed by atoms with Crippen molar-refractivity contribution >= 4 is 24.5 Å². The van der Waals surface area contributed by atoms with Crippen LogP contribution in [0.3, 0.4) is 0 Å². The Morgan fingerprint density at radius 1 is 0.514 bits per heavy atom. The van der Waals surface area contributed by atoms with Gasteiger partial charge in [0.1, 0.15) is 16.1 Å². The molecule has 6 heteroatoms. The van der Waals surface area contributed by atoms with Crippen LogP contribution >= 0.6 is 0 Å². The molecule has 0 atom stereocenters. The lowest BCUT2D eigenvalue weighted by Gasteiger charge is -2.35. The normalized spacial score (nSPS) is 11.5. The van der Waals surface area contributed by atoms with Crippen LogP contribution in [0.5, 0.6) is 0 Å². The first-order valence-electron chi connectivity index (χ1n) is 12.9. The maximum Gasteiger partial charge on any atom is 0.537 e. The van der Waals surface area contributed by atoms with Crippen LogP contribution in [0.2, 0.25) is 0 Å². The van der Waals surface area contributed by atoms with Crippen LogP contribution in [0, 0.1) is 0 Å². The summed E-state index contributed by atoms with van der Waals surface area (Å²) in [5.41, 5.74) is 2.97. The summed E-state index contributed by atoms with van der Waals surface area (Å²) < 4.78 is 23.6. The summed E-state index contributed by atoms with van der Waals surface area (Å²) >= 11 is 0. The molecule has 37 heavy (non-hydrogen) atoms. The van der Waals surface area contributed by atoms with Gasteiger partial charge in [-0.15, -0.1) is 0 Å². The van der Waals surface area contributed by atoms with Crippen molar-refractivity contribution in [3.05, 3.63) is 138 Å². The van der Waals surface area contributed by atoms with E-state index in [2.05, 4.69) is 72.8 Å². The first kappa shape index (κ1) is 28.7. The molecule has 0 aliphatic heterocycles. The number of hydrogen-bond donors (Lipinski definition) is 0. The van der Waals surface area contributed by atoms with Crippen molar-refractivity contribution in [1.29, 1.82) is 0 Å². The molecule has 0 radical (unpaired) electrons. The van der Waals surface area contributed by atoms with Gasteiger partial charge >= 0.3 is 8.80 Å². The van der Waals surface area contributed by atoms with Gasteiger partial charge in [-0.05, 0) is 37.5 Å². The predicted octanol–water partition coefficient (Wildman–Crippen LogP) is 5.22. The first-order valence-corrected chi connectivity index (χ1v) is 15.4. The van der Waals surface area contributed by atoms with Gasteiger partial charge in [0.05, 0.1) is 0 Å². The van der Waals surface area contributed by atoms with E-state index in [9.17, 15) is 0 Å². The molecule has 0 aromatic heterocycles. The molecule has 4 nitrogen and oxygen atoms in total. The summed E-state index contributed by atoms with van der Waals surface area (Å²) in [4.78, 5) is 0. The van der Waals surface area contributed by atoms with Crippen LogP contribution < -0.4 is 5.19 Å². The SMILES string of the molecule is CCO[Si](OCC)(OCC)c1ccccc1.[SiH3]OC(c1ccccc1)(c1ccccc1)c1ccccc1. The third-order valence-electron chi connectivity index (χ3n) is 5.98. The van der Waals surface area contributed by atoms with E-state index in [4.69, 9.17) is 17.7 Å². The highest BCUT2D eigenvalue weighted by molar-refractivity contribution is 6.75. The summed E-state index contributed by atoms with van der Waals surface area (Å²) in [6.45, 7) is 7.68. The number of hydrogen-bond acceptors (Lipinski definition) is 4. The molecule has 0 heterocycles. The lowest BCUT2D eigenvalue weighted by molar-refractivity contribution is 0.0859. The van der Waals surface area contributed by atoms with E-state index < -0.39 is 14.4 Å². The minimum absolute atomic E-state index is 0.518. The summed E-state index contributed by atoms with van der Waals surface area (Å²) in [5.74, 6) is 0. The Morgan fingerprint density at radius 2 is 0.811 bits per heavy atom. The lowest BCUT2D eigenvalue weighted by atomic mass is 9.80. The monoisotopic (exact) mass is 530 g/mol. The second-order valence-corrected chi connectivity index (χ2v) is 11.2. The Morgan fingerprint density at radius 3 is 1.08 bits per heavy atom. The zero-order valence-corrected chi connectivity index (χ0v) is 25.3. The van der Waals surface area contributed by atoms with Crippen LogP contribution in [0.15, 0.2) is 121 Å². The average molecular weight is 531 g/mol. The van der Waals surface area contributed by atoms with Crippen LogP contribution in [0.25, 0.3) is 0 Å². The second-order valence-electron chi connectivity index (χ2n) is 8.20. The fraction of sp³-hybridized carbons (Fsp3) is 0.226. The molecule has 0 spiro atoms. The van der Waals surface area contributed by atoms with E-state index in [0.29, 0.717) is 30.3 Å². The molecule has 0 aliphatic rings. The Kier molecular flexibility index (Phi) is 11.5. The first-order chi connectivity index (χ1) is 18.2. The van der Waals surface area contributed by atoms with Gasteiger partial charge in [-0.3, -0.25) is 0 Å². The summed E-state index contributed by atoms with van der Waals surface area (Å²) in [6.07, 6.45) is 0. The average Bonchev–Trinajstić information content (AvgIpc) is 2.97. The van der Waals surface area contributed by atoms with E-state index >= 15 is 0 Å². The van der Waals surface area contributed by atoms with Gasteiger partial charge in [-0.2, -0.15) is 0 Å². The maximum atomic E-state index is 6.24. The molecule has 194 valence electrons. The molecule has 4 aromatic carbocycles. The van der Waals surface area contributed by atoms with E-state index in [1.807, 2.05) is 69.3 Å². The third-order valence-corrected chi connectivity index (χ3v) is 9.64. The molecular formula is C31H38O4Si2. The van der Waals surface area contributed by atoms with E-state index in [1.54, 1.807) is 0 Å². The van der Waals surface area contributed by atoms with E-state index in [-0.39, 0.29) is 0 Å². The summed E-state index contributed by atoms with van der Waals surface area (Å²) in [7, 11) is -2.02. The molecule has 4 rings (SSSR count). The molecule has 4 aromatic rings. The zero-order chi connectivity index (χ0) is 26.4. The molecule has 0 N–H and O–H groups in total. The Labute approximate surface area is 226 Å². The molecule has 0 fully saturated rings. The predicted molar refractivity (Wildman–Crippen MR) is 157 cm³/mol. The minimum Gasteiger partial charge on any atom is -0.411 e. The van der Waals surface area contributed by atoms with Gasteiger partial charge in [0.25, 0.3) is 0 Å². The van der Waals surface area contributed by atoms with Gasteiger partial charge in [0.15, 0.2) is 0 Å². The third kappa shape index (κ3) is 6.93. The Hall–Kier alpha value is -2.85. The number of rotatable bonds is 11. The molecule has 0 bridgehead atoms. The van der Waals surface area contributed by atoms with Crippen molar-refractivity contribution in [3.63, 3.8) is 0 Å². The van der Waals surface area contributed by atoms with Gasteiger partial charge < -0.3 is 17.7 Å². The highest BCUT2D eigenvalue weighted by Crippen LogP contribution is 2.39. The molecule has 0 amide bonds. The van der Waals surface area contributed by atoms with E-state index in [0.717, 1.165) is 21.9 Å². The van der Waals surface area contributed by atoms with Crippen LogP contribution in [0.1, 0.15) is 37.5 Å². The second kappa shape index (κ2) is 14.8. The largest absolute Gasteiger partial charge is 0.537 e. The van der Waals surface area contributed by atoms with Crippen LogP contribution in [-0.4, -0.2) is 39.1 Å². The van der Waals surface area contributed by atoms with Crippen molar-refractivity contribution < 1.29 is 17.7 Å².